The highest BCUT2D eigenvalue weighted by Crippen LogP contribution is 2.31. The van der Waals surface area contributed by atoms with Crippen molar-refractivity contribution in [2.75, 3.05) is 13.1 Å². The number of carbonyl (C=O) groups is 1. The lowest BCUT2D eigenvalue weighted by molar-refractivity contribution is 0.0661. The van der Waals surface area contributed by atoms with Crippen LogP contribution in [0, 0.1) is 16.7 Å². The Balaban J connectivity index is 2.10. The van der Waals surface area contributed by atoms with Gasteiger partial charge in [0.05, 0.1) is 21.5 Å². The van der Waals surface area contributed by atoms with Crippen molar-refractivity contribution in [3.63, 3.8) is 0 Å². The molecule has 0 atom stereocenters. The van der Waals surface area contributed by atoms with Gasteiger partial charge in [0.25, 0.3) is 5.91 Å². The molecule has 1 amide bonds. The first-order valence-electron chi connectivity index (χ1n) is 6.11. The maximum absolute atomic E-state index is 12.3. The van der Waals surface area contributed by atoms with Crippen LogP contribution < -0.4 is 0 Å². The molecule has 3 nitrogen and oxygen atoms in total. The SMILES string of the molecule is CC1(C#N)CCN(C(=O)c2ccc(Cl)c(Cl)c2)CC1. The smallest absolute Gasteiger partial charge is 0.253 e. The lowest BCUT2D eigenvalue weighted by atomic mass is 9.82. The third-order valence-electron chi connectivity index (χ3n) is 3.59. The zero-order chi connectivity index (χ0) is 14.0. The number of carbonyl (C=O) groups excluding carboxylic acids is 1. The highest BCUT2D eigenvalue weighted by atomic mass is 35.5. The van der Waals surface area contributed by atoms with Gasteiger partial charge in [0, 0.05) is 18.7 Å². The van der Waals surface area contributed by atoms with Crippen molar-refractivity contribution in [1.82, 2.24) is 4.90 Å². The quantitative estimate of drug-likeness (QED) is 0.792. The Kier molecular flexibility index (Phi) is 4.03. The molecule has 0 aliphatic carbocycles. The summed E-state index contributed by atoms with van der Waals surface area (Å²) in [5, 5.41) is 9.89. The number of likely N-dealkylation sites (tertiary alicyclic amines) is 1. The van der Waals surface area contributed by atoms with Gasteiger partial charge in [-0.3, -0.25) is 4.79 Å². The summed E-state index contributed by atoms with van der Waals surface area (Å²) >= 11 is 11.8. The molecule has 5 heteroatoms. The predicted octanol–water partition coefficient (Wildman–Crippen LogP) is 3.76. The zero-order valence-electron chi connectivity index (χ0n) is 10.6. The Morgan fingerprint density at radius 3 is 2.47 bits per heavy atom. The summed E-state index contributed by atoms with van der Waals surface area (Å²) in [6, 6.07) is 7.21. The minimum atomic E-state index is -0.311. The second-order valence-electron chi connectivity index (χ2n) is 5.09. The van der Waals surface area contributed by atoms with Crippen LogP contribution in [0.3, 0.4) is 0 Å². The fourth-order valence-electron chi connectivity index (χ4n) is 2.13. The number of nitrogens with zero attached hydrogens (tertiary/aromatic N) is 2. The molecule has 0 saturated carbocycles. The highest BCUT2D eigenvalue weighted by Gasteiger charge is 2.32. The van der Waals surface area contributed by atoms with E-state index >= 15 is 0 Å². The van der Waals surface area contributed by atoms with Crippen LogP contribution in [0.15, 0.2) is 18.2 Å². The number of amides is 1. The molecular formula is C14H14Cl2N2O. The fraction of sp³-hybridized carbons (Fsp3) is 0.429. The molecule has 1 heterocycles. The van der Waals surface area contributed by atoms with E-state index in [1.165, 1.54) is 0 Å². The minimum Gasteiger partial charge on any atom is -0.339 e. The van der Waals surface area contributed by atoms with Gasteiger partial charge in [-0.05, 0) is 38.0 Å². The molecule has 1 aliphatic rings. The Labute approximate surface area is 122 Å². The molecule has 0 spiro atoms. The lowest BCUT2D eigenvalue weighted by Gasteiger charge is -2.35. The second kappa shape index (κ2) is 5.40. The van der Waals surface area contributed by atoms with Crippen molar-refractivity contribution >= 4 is 29.1 Å². The molecule has 0 radical (unpaired) electrons. The molecule has 1 aromatic carbocycles. The third-order valence-corrected chi connectivity index (χ3v) is 4.33. The van der Waals surface area contributed by atoms with Crippen molar-refractivity contribution in [3.8, 4) is 6.07 Å². The normalized spacial score (nSPS) is 17.9. The Morgan fingerprint density at radius 1 is 1.32 bits per heavy atom. The van der Waals surface area contributed by atoms with Gasteiger partial charge in [-0.2, -0.15) is 5.26 Å². The highest BCUT2D eigenvalue weighted by molar-refractivity contribution is 6.42. The molecule has 0 unspecified atom stereocenters. The first-order chi connectivity index (χ1) is 8.95. The van der Waals surface area contributed by atoms with Crippen LogP contribution in [0.1, 0.15) is 30.1 Å². The van der Waals surface area contributed by atoms with E-state index in [1.54, 1.807) is 23.1 Å². The number of halogens is 2. The maximum atomic E-state index is 12.3. The first kappa shape index (κ1) is 14.2. The van der Waals surface area contributed by atoms with E-state index in [0.717, 1.165) is 0 Å². The van der Waals surface area contributed by atoms with Gasteiger partial charge >= 0.3 is 0 Å². The molecule has 1 saturated heterocycles. The van der Waals surface area contributed by atoms with E-state index in [-0.39, 0.29) is 11.3 Å². The Bertz CT molecular complexity index is 543. The van der Waals surface area contributed by atoms with Gasteiger partial charge in [0.2, 0.25) is 0 Å². The van der Waals surface area contributed by atoms with Gasteiger partial charge in [-0.1, -0.05) is 23.2 Å². The van der Waals surface area contributed by atoms with Crippen molar-refractivity contribution in [3.05, 3.63) is 33.8 Å². The molecule has 0 aromatic heterocycles. The van der Waals surface area contributed by atoms with Crippen LogP contribution in [-0.4, -0.2) is 23.9 Å². The van der Waals surface area contributed by atoms with Crippen molar-refractivity contribution < 1.29 is 4.79 Å². The molecule has 2 rings (SSSR count). The van der Waals surface area contributed by atoms with Gasteiger partial charge in [0.1, 0.15) is 0 Å². The molecule has 1 aromatic rings. The maximum Gasteiger partial charge on any atom is 0.253 e. The van der Waals surface area contributed by atoms with Crippen molar-refractivity contribution in [1.29, 1.82) is 5.26 Å². The molecule has 1 aliphatic heterocycles. The number of rotatable bonds is 1. The largest absolute Gasteiger partial charge is 0.339 e. The fourth-order valence-corrected chi connectivity index (χ4v) is 2.42. The monoisotopic (exact) mass is 296 g/mol. The van der Waals surface area contributed by atoms with Crippen LogP contribution in [0.2, 0.25) is 10.0 Å². The Morgan fingerprint density at radius 2 is 1.95 bits per heavy atom. The van der Waals surface area contributed by atoms with Crippen LogP contribution in [0.25, 0.3) is 0 Å². The summed E-state index contributed by atoms with van der Waals surface area (Å²) in [6.07, 6.45) is 1.41. The number of nitriles is 1. The molecule has 100 valence electrons. The van der Waals surface area contributed by atoms with Crippen LogP contribution in [0.5, 0.6) is 0 Å². The molecule has 1 fully saturated rings. The second-order valence-corrected chi connectivity index (χ2v) is 5.91. The van der Waals surface area contributed by atoms with Gasteiger partial charge in [0.15, 0.2) is 0 Å². The first-order valence-corrected chi connectivity index (χ1v) is 6.86. The summed E-state index contributed by atoms with van der Waals surface area (Å²) in [5.74, 6) is -0.0569. The number of benzene rings is 1. The zero-order valence-corrected chi connectivity index (χ0v) is 12.1. The average molecular weight is 297 g/mol. The van der Waals surface area contributed by atoms with E-state index in [2.05, 4.69) is 6.07 Å². The summed E-state index contributed by atoms with van der Waals surface area (Å²) in [5.41, 5.74) is 0.226. The standard InChI is InChI=1S/C14H14Cl2N2O/c1-14(9-17)4-6-18(7-5-14)13(19)10-2-3-11(15)12(16)8-10/h2-3,8H,4-7H2,1H3. The molecule has 19 heavy (non-hydrogen) atoms. The van der Waals surface area contributed by atoms with E-state index in [1.807, 2.05) is 6.92 Å². The van der Waals surface area contributed by atoms with E-state index < -0.39 is 0 Å². The van der Waals surface area contributed by atoms with Gasteiger partial charge in [-0.15, -0.1) is 0 Å². The van der Waals surface area contributed by atoms with Crippen molar-refractivity contribution in [2.45, 2.75) is 19.8 Å². The van der Waals surface area contributed by atoms with E-state index in [0.29, 0.717) is 41.5 Å². The van der Waals surface area contributed by atoms with Crippen LogP contribution in [-0.2, 0) is 0 Å². The number of hydrogen-bond donors (Lipinski definition) is 0. The Hall–Kier alpha value is -1.24. The molecular weight excluding hydrogens is 283 g/mol. The van der Waals surface area contributed by atoms with Crippen LogP contribution >= 0.6 is 23.2 Å². The summed E-state index contributed by atoms with van der Waals surface area (Å²) in [4.78, 5) is 14.1. The molecule has 0 bridgehead atoms. The topological polar surface area (TPSA) is 44.1 Å². The number of piperidine rings is 1. The summed E-state index contributed by atoms with van der Waals surface area (Å²) in [7, 11) is 0. The predicted molar refractivity (Wildman–Crippen MR) is 75.3 cm³/mol. The third kappa shape index (κ3) is 3.02. The van der Waals surface area contributed by atoms with Crippen LogP contribution in [0.4, 0.5) is 0 Å². The van der Waals surface area contributed by atoms with Crippen molar-refractivity contribution in [2.24, 2.45) is 5.41 Å². The summed E-state index contributed by atoms with van der Waals surface area (Å²) in [6.45, 7) is 3.14. The minimum absolute atomic E-state index is 0.0569. The number of hydrogen-bond acceptors (Lipinski definition) is 2. The summed E-state index contributed by atoms with van der Waals surface area (Å²) < 4.78 is 0. The van der Waals surface area contributed by atoms with E-state index in [4.69, 9.17) is 28.5 Å². The van der Waals surface area contributed by atoms with Gasteiger partial charge in [-0.25, -0.2) is 0 Å². The van der Waals surface area contributed by atoms with Gasteiger partial charge < -0.3 is 4.90 Å². The lowest BCUT2D eigenvalue weighted by Crippen LogP contribution is -2.41. The average Bonchev–Trinajstić information content (AvgIpc) is 2.42. The van der Waals surface area contributed by atoms with E-state index in [9.17, 15) is 4.79 Å². The molecule has 0 N–H and O–H groups in total.